The Hall–Kier alpha value is -1.50. The summed E-state index contributed by atoms with van der Waals surface area (Å²) in [6.07, 6.45) is 1.25. The van der Waals surface area contributed by atoms with Crippen LogP contribution < -0.4 is 4.74 Å². The first-order valence-corrected chi connectivity index (χ1v) is 5.75. The second kappa shape index (κ2) is 6.16. The highest BCUT2D eigenvalue weighted by Crippen LogP contribution is 2.21. The predicted octanol–water partition coefficient (Wildman–Crippen LogP) is 4.57. The summed E-state index contributed by atoms with van der Waals surface area (Å²) in [7, 11) is 1.69. The maximum absolute atomic E-state index is 5.15. The number of hydrogen-bond donors (Lipinski definition) is 0. The predicted molar refractivity (Wildman–Crippen MR) is 71.2 cm³/mol. The fraction of sp³-hybridized carbons (Fsp3) is 0.333. The fourth-order valence-corrected chi connectivity index (χ4v) is 1.47. The van der Waals surface area contributed by atoms with E-state index in [0.717, 1.165) is 5.75 Å². The van der Waals surface area contributed by atoms with E-state index in [0.29, 0.717) is 0 Å². The van der Waals surface area contributed by atoms with Crippen molar-refractivity contribution in [1.29, 1.82) is 0 Å². The molecule has 0 aromatic heterocycles. The van der Waals surface area contributed by atoms with E-state index in [1.54, 1.807) is 7.11 Å². The fourth-order valence-electron chi connectivity index (χ4n) is 1.47. The summed E-state index contributed by atoms with van der Waals surface area (Å²) >= 11 is 0. The molecule has 0 fully saturated rings. The quantitative estimate of drug-likeness (QED) is 0.678. The van der Waals surface area contributed by atoms with Crippen molar-refractivity contribution in [2.75, 3.05) is 7.11 Å². The molecule has 2 aromatic carbocycles. The third-order valence-electron chi connectivity index (χ3n) is 2.20. The molecule has 1 heteroatoms. The zero-order valence-corrected chi connectivity index (χ0v) is 10.6. The molecule has 16 heavy (non-hydrogen) atoms. The van der Waals surface area contributed by atoms with Gasteiger partial charge in [0, 0.05) is 0 Å². The molecule has 0 aliphatic carbocycles. The summed E-state index contributed by atoms with van der Waals surface area (Å²) < 4.78 is 5.15. The SMILES string of the molecule is CCC.COc1ccc2cc(C)ccc2c1. The number of fused-ring (bicyclic) bond motifs is 1. The van der Waals surface area contributed by atoms with Gasteiger partial charge in [-0.25, -0.2) is 0 Å². The van der Waals surface area contributed by atoms with Gasteiger partial charge in [0.15, 0.2) is 0 Å². The van der Waals surface area contributed by atoms with Crippen LogP contribution in [0.4, 0.5) is 0 Å². The van der Waals surface area contributed by atoms with Gasteiger partial charge in [-0.3, -0.25) is 0 Å². The van der Waals surface area contributed by atoms with Crippen LogP contribution in [0.2, 0.25) is 0 Å². The molecule has 0 saturated heterocycles. The molecule has 0 heterocycles. The summed E-state index contributed by atoms with van der Waals surface area (Å²) in [5.74, 6) is 0.913. The van der Waals surface area contributed by atoms with E-state index in [-0.39, 0.29) is 0 Å². The first-order chi connectivity index (χ1) is 7.71. The van der Waals surface area contributed by atoms with Crippen LogP contribution in [0.3, 0.4) is 0 Å². The minimum absolute atomic E-state index is 0.913. The van der Waals surface area contributed by atoms with Crippen molar-refractivity contribution in [2.24, 2.45) is 0 Å². The summed E-state index contributed by atoms with van der Waals surface area (Å²) in [5.41, 5.74) is 1.29. The van der Waals surface area contributed by atoms with Gasteiger partial charge in [-0.1, -0.05) is 50.1 Å². The van der Waals surface area contributed by atoms with E-state index in [1.807, 2.05) is 6.07 Å². The molecule has 0 aliphatic heterocycles. The Labute approximate surface area is 98.1 Å². The second-order valence-electron chi connectivity index (χ2n) is 3.92. The van der Waals surface area contributed by atoms with Crippen molar-refractivity contribution >= 4 is 10.8 Å². The molecule has 0 bridgehead atoms. The normalized spacial score (nSPS) is 9.50. The zero-order chi connectivity index (χ0) is 12.0. The molecule has 0 N–H and O–H groups in total. The Bertz CT molecular complexity index is 446. The van der Waals surface area contributed by atoms with E-state index < -0.39 is 0 Å². The van der Waals surface area contributed by atoms with Crippen molar-refractivity contribution in [3.8, 4) is 5.75 Å². The molecule has 0 aliphatic rings. The molecular formula is C15H20O. The van der Waals surface area contributed by atoms with Gasteiger partial charge in [-0.2, -0.15) is 0 Å². The highest BCUT2D eigenvalue weighted by molar-refractivity contribution is 5.84. The molecule has 2 aromatic rings. The third kappa shape index (κ3) is 3.27. The topological polar surface area (TPSA) is 9.23 Å². The van der Waals surface area contributed by atoms with Crippen LogP contribution in [-0.4, -0.2) is 7.11 Å². The Morgan fingerprint density at radius 2 is 1.50 bits per heavy atom. The second-order valence-corrected chi connectivity index (χ2v) is 3.92. The highest BCUT2D eigenvalue weighted by Gasteiger charge is 1.95. The smallest absolute Gasteiger partial charge is 0.119 e. The van der Waals surface area contributed by atoms with Gasteiger partial charge >= 0.3 is 0 Å². The first kappa shape index (κ1) is 12.6. The average molecular weight is 216 g/mol. The van der Waals surface area contributed by atoms with E-state index in [2.05, 4.69) is 51.1 Å². The molecule has 0 atom stereocenters. The number of rotatable bonds is 1. The number of aryl methyl sites for hydroxylation is 1. The van der Waals surface area contributed by atoms with Gasteiger partial charge in [0.05, 0.1) is 7.11 Å². The summed E-state index contributed by atoms with van der Waals surface area (Å²) in [6.45, 7) is 6.35. The van der Waals surface area contributed by atoms with Gasteiger partial charge in [0.1, 0.15) is 5.75 Å². The van der Waals surface area contributed by atoms with E-state index in [4.69, 9.17) is 4.74 Å². The van der Waals surface area contributed by atoms with Crippen LogP contribution in [0, 0.1) is 6.92 Å². The zero-order valence-electron chi connectivity index (χ0n) is 10.6. The minimum atomic E-state index is 0.913. The van der Waals surface area contributed by atoms with Crippen LogP contribution >= 0.6 is 0 Å². The molecule has 0 spiro atoms. The lowest BCUT2D eigenvalue weighted by Crippen LogP contribution is -1.82. The molecule has 0 amide bonds. The van der Waals surface area contributed by atoms with Crippen molar-refractivity contribution in [3.63, 3.8) is 0 Å². The number of methoxy groups -OCH3 is 1. The molecule has 2 rings (SSSR count). The van der Waals surface area contributed by atoms with Crippen LogP contribution in [0.1, 0.15) is 25.8 Å². The van der Waals surface area contributed by atoms with Crippen molar-refractivity contribution in [1.82, 2.24) is 0 Å². The van der Waals surface area contributed by atoms with Crippen molar-refractivity contribution in [3.05, 3.63) is 42.0 Å². The van der Waals surface area contributed by atoms with Crippen molar-refractivity contribution < 1.29 is 4.74 Å². The highest BCUT2D eigenvalue weighted by atomic mass is 16.5. The first-order valence-electron chi connectivity index (χ1n) is 5.75. The Morgan fingerprint density at radius 1 is 0.938 bits per heavy atom. The average Bonchev–Trinajstić information content (AvgIpc) is 2.29. The molecule has 0 unspecified atom stereocenters. The van der Waals surface area contributed by atoms with Gasteiger partial charge in [-0.15, -0.1) is 0 Å². The lowest BCUT2D eigenvalue weighted by Gasteiger charge is -2.02. The van der Waals surface area contributed by atoms with Gasteiger partial charge in [-0.05, 0) is 29.8 Å². The molecule has 0 radical (unpaired) electrons. The molecule has 1 nitrogen and oxygen atoms in total. The summed E-state index contributed by atoms with van der Waals surface area (Å²) in [4.78, 5) is 0. The van der Waals surface area contributed by atoms with Crippen LogP contribution in [0.15, 0.2) is 36.4 Å². The maximum atomic E-state index is 5.15. The lowest BCUT2D eigenvalue weighted by atomic mass is 10.1. The molecule has 0 saturated carbocycles. The minimum Gasteiger partial charge on any atom is -0.497 e. The van der Waals surface area contributed by atoms with Gasteiger partial charge < -0.3 is 4.74 Å². The van der Waals surface area contributed by atoms with Gasteiger partial charge in [0.2, 0.25) is 0 Å². The Kier molecular flexibility index (Phi) is 4.84. The maximum Gasteiger partial charge on any atom is 0.119 e. The number of ether oxygens (including phenoxy) is 1. The number of hydrogen-bond acceptors (Lipinski definition) is 1. The number of benzene rings is 2. The van der Waals surface area contributed by atoms with Gasteiger partial charge in [0.25, 0.3) is 0 Å². The van der Waals surface area contributed by atoms with E-state index in [9.17, 15) is 0 Å². The lowest BCUT2D eigenvalue weighted by molar-refractivity contribution is 0.415. The largest absolute Gasteiger partial charge is 0.497 e. The van der Waals surface area contributed by atoms with E-state index in [1.165, 1.54) is 22.8 Å². The summed E-state index contributed by atoms with van der Waals surface area (Å²) in [5, 5.41) is 2.49. The Balaban J connectivity index is 0.000000386. The standard InChI is InChI=1S/C12H12O.C3H8/c1-9-3-4-11-8-12(13-2)6-5-10(11)7-9;1-3-2/h3-8H,1-2H3;3H2,1-2H3. The Morgan fingerprint density at radius 3 is 2.12 bits per heavy atom. The van der Waals surface area contributed by atoms with Crippen molar-refractivity contribution in [2.45, 2.75) is 27.2 Å². The summed E-state index contributed by atoms with van der Waals surface area (Å²) in [6, 6.07) is 12.5. The monoisotopic (exact) mass is 216 g/mol. The van der Waals surface area contributed by atoms with Crippen LogP contribution in [0.5, 0.6) is 5.75 Å². The molecule has 86 valence electrons. The third-order valence-corrected chi connectivity index (χ3v) is 2.20. The molecular weight excluding hydrogens is 196 g/mol. The van der Waals surface area contributed by atoms with Crippen LogP contribution in [-0.2, 0) is 0 Å². The van der Waals surface area contributed by atoms with Crippen LogP contribution in [0.25, 0.3) is 10.8 Å². The van der Waals surface area contributed by atoms with E-state index >= 15 is 0 Å².